The van der Waals surface area contributed by atoms with E-state index in [0.717, 1.165) is 24.1 Å². The van der Waals surface area contributed by atoms with Gasteiger partial charge in [-0.25, -0.2) is 9.59 Å². The van der Waals surface area contributed by atoms with Crippen molar-refractivity contribution in [3.63, 3.8) is 0 Å². The number of esters is 1. The van der Waals surface area contributed by atoms with Crippen molar-refractivity contribution in [2.75, 3.05) is 11.9 Å². The first-order valence-electron chi connectivity index (χ1n) is 11.5. The summed E-state index contributed by atoms with van der Waals surface area (Å²) in [6, 6.07) is 7.13. The van der Waals surface area contributed by atoms with Crippen molar-refractivity contribution in [2.45, 2.75) is 78.0 Å². The number of carbonyl (C=O) groups excluding carboxylic acids is 2. The second-order valence-corrected chi connectivity index (χ2v) is 9.02. The lowest BCUT2D eigenvalue weighted by Gasteiger charge is -2.37. The molecule has 32 heavy (non-hydrogen) atoms. The zero-order chi connectivity index (χ0) is 23.3. The molecule has 0 bridgehead atoms. The molecule has 1 fully saturated rings. The van der Waals surface area contributed by atoms with E-state index in [0.29, 0.717) is 22.9 Å². The van der Waals surface area contributed by atoms with Gasteiger partial charge in [-0.2, -0.15) is 0 Å². The number of rotatable bonds is 6. The van der Waals surface area contributed by atoms with Gasteiger partial charge in [0.2, 0.25) is 0 Å². The zero-order valence-corrected chi connectivity index (χ0v) is 20.2. The second-order valence-electron chi connectivity index (χ2n) is 8.64. The lowest BCUT2D eigenvalue weighted by molar-refractivity contribution is -0.143. The third-order valence-corrected chi connectivity index (χ3v) is 6.26. The summed E-state index contributed by atoms with van der Waals surface area (Å²) in [5.41, 5.74) is 2.91. The number of benzene rings is 1. The Kier molecular flexibility index (Phi) is 8.12. The number of anilines is 1. The maximum absolute atomic E-state index is 12.9. The molecule has 1 atom stereocenters. The standard InChI is InChI=1S/C24H34N4O3S/c1-5-28-16(4)20(22(29)31-15(2)3)21(27-24(28)32)17-11-13-19(14-12-17)26-23(30)25-18-9-7-6-8-10-18/h11-15,18,21H,5-10H2,1-4H3,(H,27,32)(H2,25,26,30)/t21-/m0/s1. The fourth-order valence-corrected chi connectivity index (χ4v) is 4.70. The summed E-state index contributed by atoms with van der Waals surface area (Å²) in [6.07, 6.45) is 5.43. The van der Waals surface area contributed by atoms with Gasteiger partial charge in [0.1, 0.15) is 0 Å². The fourth-order valence-electron chi connectivity index (χ4n) is 4.31. The topological polar surface area (TPSA) is 82.7 Å². The SMILES string of the molecule is CCN1C(=S)N[C@@H](c2ccc(NC(=O)NC3CCCCC3)cc2)C(C(=O)OC(C)C)=C1C. The molecule has 0 aromatic heterocycles. The normalized spacial score (nSPS) is 19.6. The lowest BCUT2D eigenvalue weighted by Crippen LogP contribution is -2.47. The smallest absolute Gasteiger partial charge is 0.338 e. The van der Waals surface area contributed by atoms with Gasteiger partial charge in [-0.05, 0) is 70.5 Å². The van der Waals surface area contributed by atoms with Crippen LogP contribution < -0.4 is 16.0 Å². The molecular weight excluding hydrogens is 424 g/mol. The monoisotopic (exact) mass is 458 g/mol. The number of allylic oxidation sites excluding steroid dienone is 1. The summed E-state index contributed by atoms with van der Waals surface area (Å²) >= 11 is 5.53. The average Bonchev–Trinajstić information content (AvgIpc) is 2.74. The number of hydrogen-bond donors (Lipinski definition) is 3. The van der Waals surface area contributed by atoms with Crippen LogP contribution in [0.4, 0.5) is 10.5 Å². The zero-order valence-electron chi connectivity index (χ0n) is 19.4. The van der Waals surface area contributed by atoms with Gasteiger partial charge in [-0.15, -0.1) is 0 Å². The molecule has 1 aliphatic carbocycles. The quantitative estimate of drug-likeness (QED) is 0.426. The van der Waals surface area contributed by atoms with Crippen molar-refractivity contribution in [1.29, 1.82) is 0 Å². The Bertz CT molecular complexity index is 876. The number of thiocarbonyl (C=S) groups is 1. The Morgan fingerprint density at radius 1 is 1.19 bits per heavy atom. The highest BCUT2D eigenvalue weighted by molar-refractivity contribution is 7.80. The van der Waals surface area contributed by atoms with Crippen molar-refractivity contribution in [3.05, 3.63) is 41.1 Å². The summed E-state index contributed by atoms with van der Waals surface area (Å²) in [5.74, 6) is -0.356. The highest BCUT2D eigenvalue weighted by Crippen LogP contribution is 2.32. The summed E-state index contributed by atoms with van der Waals surface area (Å²) in [6.45, 7) is 8.20. The van der Waals surface area contributed by atoms with Gasteiger partial charge in [0.15, 0.2) is 5.11 Å². The minimum Gasteiger partial charge on any atom is -0.459 e. The fraction of sp³-hybridized carbons (Fsp3) is 0.542. The Morgan fingerprint density at radius 3 is 2.44 bits per heavy atom. The van der Waals surface area contributed by atoms with Crippen LogP contribution >= 0.6 is 12.2 Å². The van der Waals surface area contributed by atoms with E-state index in [2.05, 4.69) is 16.0 Å². The summed E-state index contributed by atoms with van der Waals surface area (Å²) < 4.78 is 5.52. The Balaban J connectivity index is 1.76. The van der Waals surface area contributed by atoms with Crippen molar-refractivity contribution >= 4 is 35.0 Å². The van der Waals surface area contributed by atoms with E-state index < -0.39 is 6.04 Å². The van der Waals surface area contributed by atoms with Gasteiger partial charge < -0.3 is 25.6 Å². The second kappa shape index (κ2) is 10.8. The third-order valence-electron chi connectivity index (χ3n) is 5.92. The molecule has 3 rings (SSSR count). The van der Waals surface area contributed by atoms with Crippen LogP contribution in [0, 0.1) is 0 Å². The van der Waals surface area contributed by atoms with Crippen LogP contribution in [-0.4, -0.2) is 40.7 Å². The molecule has 2 aliphatic rings. The van der Waals surface area contributed by atoms with E-state index in [4.69, 9.17) is 17.0 Å². The highest BCUT2D eigenvalue weighted by Gasteiger charge is 2.34. The van der Waals surface area contributed by atoms with Gasteiger partial charge in [0, 0.05) is 24.0 Å². The first-order chi connectivity index (χ1) is 15.3. The number of nitrogens with zero attached hydrogens (tertiary/aromatic N) is 1. The van der Waals surface area contributed by atoms with E-state index in [1.807, 2.05) is 56.9 Å². The van der Waals surface area contributed by atoms with Crippen molar-refractivity contribution < 1.29 is 14.3 Å². The Labute approximate surface area is 196 Å². The van der Waals surface area contributed by atoms with Gasteiger partial charge in [-0.1, -0.05) is 31.4 Å². The number of nitrogens with one attached hydrogen (secondary N) is 3. The molecular formula is C24H34N4O3S. The van der Waals surface area contributed by atoms with Gasteiger partial charge in [0.25, 0.3) is 0 Å². The molecule has 0 radical (unpaired) electrons. The summed E-state index contributed by atoms with van der Waals surface area (Å²) in [4.78, 5) is 27.2. The summed E-state index contributed by atoms with van der Waals surface area (Å²) in [7, 11) is 0. The molecule has 7 nitrogen and oxygen atoms in total. The molecule has 1 aliphatic heterocycles. The number of amides is 2. The van der Waals surface area contributed by atoms with Gasteiger partial charge in [0.05, 0.1) is 17.7 Å². The van der Waals surface area contributed by atoms with Crippen LogP contribution in [0.5, 0.6) is 0 Å². The predicted molar refractivity (Wildman–Crippen MR) is 130 cm³/mol. The van der Waals surface area contributed by atoms with E-state index in [1.165, 1.54) is 19.3 Å². The van der Waals surface area contributed by atoms with Crippen molar-refractivity contribution in [3.8, 4) is 0 Å². The predicted octanol–water partition coefficient (Wildman–Crippen LogP) is 4.62. The van der Waals surface area contributed by atoms with E-state index >= 15 is 0 Å². The van der Waals surface area contributed by atoms with Gasteiger partial charge in [-0.3, -0.25) is 0 Å². The van der Waals surface area contributed by atoms with Crippen molar-refractivity contribution in [2.24, 2.45) is 0 Å². The van der Waals surface area contributed by atoms with Crippen LogP contribution in [0.3, 0.4) is 0 Å². The molecule has 1 heterocycles. The maximum Gasteiger partial charge on any atom is 0.338 e. The van der Waals surface area contributed by atoms with Gasteiger partial charge >= 0.3 is 12.0 Å². The number of carbonyl (C=O) groups is 2. The number of hydrogen-bond acceptors (Lipinski definition) is 4. The largest absolute Gasteiger partial charge is 0.459 e. The molecule has 3 N–H and O–H groups in total. The molecule has 8 heteroatoms. The highest BCUT2D eigenvalue weighted by atomic mass is 32.1. The van der Waals surface area contributed by atoms with Crippen molar-refractivity contribution in [1.82, 2.24) is 15.5 Å². The minimum absolute atomic E-state index is 0.183. The van der Waals surface area contributed by atoms with Crippen LogP contribution in [-0.2, 0) is 9.53 Å². The number of urea groups is 1. The first-order valence-corrected chi connectivity index (χ1v) is 11.9. The molecule has 1 aromatic carbocycles. The molecule has 0 unspecified atom stereocenters. The third kappa shape index (κ3) is 5.79. The first kappa shape index (κ1) is 24.0. The molecule has 0 saturated heterocycles. The number of ether oxygens (including phenoxy) is 1. The van der Waals surface area contributed by atoms with E-state index in [-0.39, 0.29) is 24.1 Å². The lowest BCUT2D eigenvalue weighted by atomic mass is 9.94. The maximum atomic E-state index is 12.9. The minimum atomic E-state index is -0.415. The molecule has 1 saturated carbocycles. The molecule has 1 aromatic rings. The molecule has 0 spiro atoms. The van der Waals surface area contributed by atoms with Crippen LogP contribution in [0.1, 0.15) is 71.4 Å². The van der Waals surface area contributed by atoms with Crippen LogP contribution in [0.25, 0.3) is 0 Å². The average molecular weight is 459 g/mol. The van der Waals surface area contributed by atoms with E-state index in [1.54, 1.807) is 0 Å². The van der Waals surface area contributed by atoms with Crippen LogP contribution in [0.2, 0.25) is 0 Å². The summed E-state index contributed by atoms with van der Waals surface area (Å²) in [5, 5.41) is 9.82. The molecule has 174 valence electrons. The Hall–Kier alpha value is -2.61. The Morgan fingerprint density at radius 2 is 1.84 bits per heavy atom. The molecule has 2 amide bonds. The van der Waals surface area contributed by atoms with E-state index in [9.17, 15) is 9.59 Å². The van der Waals surface area contributed by atoms with Crippen LogP contribution in [0.15, 0.2) is 35.5 Å².